The summed E-state index contributed by atoms with van der Waals surface area (Å²) in [5, 5.41) is 0. The van der Waals surface area contributed by atoms with Crippen LogP contribution in [0.5, 0.6) is 0 Å². The zero-order chi connectivity index (χ0) is 10.5. The molecule has 1 amide bonds. The number of hydrogen-bond acceptors (Lipinski definition) is 2. The summed E-state index contributed by atoms with van der Waals surface area (Å²) >= 11 is 0. The fourth-order valence-electron chi connectivity index (χ4n) is 2.57. The van der Waals surface area contributed by atoms with Crippen molar-refractivity contribution in [2.45, 2.75) is 38.5 Å². The fraction of sp³-hybridized carbons (Fsp3) is 0.917. The van der Waals surface area contributed by atoms with Crippen LogP contribution in [0, 0.1) is 5.92 Å². The molecule has 0 N–H and O–H groups in total. The summed E-state index contributed by atoms with van der Waals surface area (Å²) in [6.07, 6.45) is 7.31. The van der Waals surface area contributed by atoms with Gasteiger partial charge in [0, 0.05) is 19.0 Å². The second-order valence-electron chi connectivity index (χ2n) is 4.63. The van der Waals surface area contributed by atoms with E-state index in [9.17, 15) is 4.79 Å². The van der Waals surface area contributed by atoms with E-state index in [0.717, 1.165) is 39.1 Å². The SMILES string of the molecule is O=C(C1CCCCCC1)N1CCOCC1. The molecular formula is C12H21NO2. The van der Waals surface area contributed by atoms with Crippen LogP contribution in [0.3, 0.4) is 0 Å². The van der Waals surface area contributed by atoms with Crippen molar-refractivity contribution in [2.24, 2.45) is 5.92 Å². The Labute approximate surface area is 91.8 Å². The predicted molar refractivity (Wildman–Crippen MR) is 58.6 cm³/mol. The third kappa shape index (κ3) is 2.94. The van der Waals surface area contributed by atoms with Gasteiger partial charge in [-0.1, -0.05) is 25.7 Å². The van der Waals surface area contributed by atoms with E-state index in [4.69, 9.17) is 4.74 Å². The van der Waals surface area contributed by atoms with E-state index in [0.29, 0.717) is 11.8 Å². The number of rotatable bonds is 1. The van der Waals surface area contributed by atoms with Crippen LogP contribution in [0.1, 0.15) is 38.5 Å². The first-order chi connectivity index (χ1) is 7.38. The lowest BCUT2D eigenvalue weighted by Gasteiger charge is -2.30. The molecule has 0 aromatic heterocycles. The number of hydrogen-bond donors (Lipinski definition) is 0. The van der Waals surface area contributed by atoms with E-state index in [1.807, 2.05) is 4.90 Å². The number of morpholine rings is 1. The Balaban J connectivity index is 1.87. The molecule has 0 unspecified atom stereocenters. The molecule has 0 radical (unpaired) electrons. The van der Waals surface area contributed by atoms with Crippen molar-refractivity contribution in [3.05, 3.63) is 0 Å². The molecule has 3 heteroatoms. The van der Waals surface area contributed by atoms with Crippen molar-refractivity contribution in [3.8, 4) is 0 Å². The minimum absolute atomic E-state index is 0.311. The summed E-state index contributed by atoms with van der Waals surface area (Å²) in [6.45, 7) is 3.04. The van der Waals surface area contributed by atoms with Crippen LogP contribution in [0.4, 0.5) is 0 Å². The molecule has 0 atom stereocenters. The van der Waals surface area contributed by atoms with E-state index < -0.39 is 0 Å². The second-order valence-corrected chi connectivity index (χ2v) is 4.63. The van der Waals surface area contributed by atoms with Crippen molar-refractivity contribution in [3.63, 3.8) is 0 Å². The molecule has 1 heterocycles. The van der Waals surface area contributed by atoms with E-state index in [1.165, 1.54) is 25.7 Å². The van der Waals surface area contributed by atoms with Gasteiger partial charge in [0.1, 0.15) is 0 Å². The van der Waals surface area contributed by atoms with Gasteiger partial charge in [0.25, 0.3) is 0 Å². The molecule has 86 valence electrons. The van der Waals surface area contributed by atoms with Gasteiger partial charge in [0.2, 0.25) is 5.91 Å². The normalized spacial score (nSPS) is 24.9. The molecule has 0 aromatic carbocycles. The van der Waals surface area contributed by atoms with Gasteiger partial charge in [-0.2, -0.15) is 0 Å². The molecule has 1 saturated carbocycles. The van der Waals surface area contributed by atoms with Gasteiger partial charge in [-0.15, -0.1) is 0 Å². The highest BCUT2D eigenvalue weighted by molar-refractivity contribution is 5.78. The third-order valence-electron chi connectivity index (χ3n) is 3.53. The lowest BCUT2D eigenvalue weighted by molar-refractivity contribution is -0.140. The van der Waals surface area contributed by atoms with Crippen molar-refractivity contribution < 1.29 is 9.53 Å². The first-order valence-electron chi connectivity index (χ1n) is 6.24. The minimum atomic E-state index is 0.311. The van der Waals surface area contributed by atoms with Crippen LogP contribution in [0.2, 0.25) is 0 Å². The Morgan fingerprint density at radius 1 is 1.00 bits per heavy atom. The van der Waals surface area contributed by atoms with Gasteiger partial charge < -0.3 is 9.64 Å². The fourth-order valence-corrected chi connectivity index (χ4v) is 2.57. The van der Waals surface area contributed by atoms with Crippen LogP contribution in [0.15, 0.2) is 0 Å². The van der Waals surface area contributed by atoms with E-state index in [2.05, 4.69) is 0 Å². The molecular weight excluding hydrogens is 190 g/mol. The van der Waals surface area contributed by atoms with Crippen LogP contribution >= 0.6 is 0 Å². The molecule has 2 fully saturated rings. The van der Waals surface area contributed by atoms with Crippen LogP contribution in [-0.2, 0) is 9.53 Å². The van der Waals surface area contributed by atoms with Gasteiger partial charge in [0.05, 0.1) is 13.2 Å². The summed E-state index contributed by atoms with van der Waals surface area (Å²) in [4.78, 5) is 14.2. The number of amides is 1. The number of carbonyl (C=O) groups is 1. The van der Waals surface area contributed by atoms with Gasteiger partial charge in [0.15, 0.2) is 0 Å². The zero-order valence-corrected chi connectivity index (χ0v) is 9.41. The molecule has 2 aliphatic rings. The lowest BCUT2D eigenvalue weighted by atomic mass is 9.98. The summed E-state index contributed by atoms with van der Waals surface area (Å²) in [5.41, 5.74) is 0. The molecule has 1 saturated heterocycles. The van der Waals surface area contributed by atoms with E-state index >= 15 is 0 Å². The Morgan fingerprint density at radius 2 is 1.60 bits per heavy atom. The molecule has 0 aromatic rings. The maximum atomic E-state index is 12.2. The smallest absolute Gasteiger partial charge is 0.225 e. The molecule has 1 aliphatic heterocycles. The summed E-state index contributed by atoms with van der Waals surface area (Å²) < 4.78 is 5.27. The third-order valence-corrected chi connectivity index (χ3v) is 3.53. The number of nitrogens with zero attached hydrogens (tertiary/aromatic N) is 1. The Hall–Kier alpha value is -0.570. The van der Waals surface area contributed by atoms with Crippen LogP contribution < -0.4 is 0 Å². The quantitative estimate of drug-likeness (QED) is 0.619. The summed E-state index contributed by atoms with van der Waals surface area (Å²) in [6, 6.07) is 0. The molecule has 0 bridgehead atoms. The Morgan fingerprint density at radius 3 is 2.20 bits per heavy atom. The van der Waals surface area contributed by atoms with E-state index in [1.54, 1.807) is 0 Å². The summed E-state index contributed by atoms with van der Waals surface area (Å²) in [7, 11) is 0. The minimum Gasteiger partial charge on any atom is -0.378 e. The van der Waals surface area contributed by atoms with Crippen LogP contribution in [-0.4, -0.2) is 37.1 Å². The average Bonchev–Trinajstić information content (AvgIpc) is 2.58. The predicted octanol–water partition coefficient (Wildman–Crippen LogP) is 1.82. The highest BCUT2D eigenvalue weighted by Gasteiger charge is 2.25. The Bertz CT molecular complexity index is 204. The molecule has 1 aliphatic carbocycles. The number of carbonyl (C=O) groups excluding carboxylic acids is 1. The van der Waals surface area contributed by atoms with Crippen LogP contribution in [0.25, 0.3) is 0 Å². The van der Waals surface area contributed by atoms with Crippen molar-refractivity contribution in [2.75, 3.05) is 26.3 Å². The van der Waals surface area contributed by atoms with Gasteiger partial charge in [-0.25, -0.2) is 0 Å². The molecule has 0 spiro atoms. The van der Waals surface area contributed by atoms with Gasteiger partial charge in [-0.05, 0) is 12.8 Å². The average molecular weight is 211 g/mol. The molecule has 15 heavy (non-hydrogen) atoms. The van der Waals surface area contributed by atoms with Crippen molar-refractivity contribution in [1.29, 1.82) is 0 Å². The second kappa shape index (κ2) is 5.50. The maximum Gasteiger partial charge on any atom is 0.225 e. The maximum absolute atomic E-state index is 12.2. The highest BCUT2D eigenvalue weighted by atomic mass is 16.5. The molecule has 2 rings (SSSR count). The topological polar surface area (TPSA) is 29.5 Å². The highest BCUT2D eigenvalue weighted by Crippen LogP contribution is 2.24. The monoisotopic (exact) mass is 211 g/mol. The molecule has 3 nitrogen and oxygen atoms in total. The first kappa shape index (κ1) is 10.9. The zero-order valence-electron chi connectivity index (χ0n) is 9.41. The summed E-state index contributed by atoms with van der Waals surface area (Å²) in [5.74, 6) is 0.700. The lowest BCUT2D eigenvalue weighted by Crippen LogP contribution is -2.43. The van der Waals surface area contributed by atoms with Crippen molar-refractivity contribution >= 4 is 5.91 Å². The largest absolute Gasteiger partial charge is 0.378 e. The van der Waals surface area contributed by atoms with Gasteiger partial charge in [-0.3, -0.25) is 4.79 Å². The van der Waals surface area contributed by atoms with E-state index in [-0.39, 0.29) is 0 Å². The standard InChI is InChI=1S/C12H21NO2/c14-12(13-7-9-15-10-8-13)11-5-3-1-2-4-6-11/h11H,1-10H2. The Kier molecular flexibility index (Phi) is 4.01. The first-order valence-corrected chi connectivity index (χ1v) is 6.24. The van der Waals surface area contributed by atoms with Gasteiger partial charge >= 0.3 is 0 Å². The number of ether oxygens (including phenoxy) is 1. The van der Waals surface area contributed by atoms with Crippen molar-refractivity contribution in [1.82, 2.24) is 4.90 Å².